The fourth-order valence-electron chi connectivity index (χ4n) is 3.41. The van der Waals surface area contributed by atoms with Crippen molar-refractivity contribution in [1.29, 1.82) is 0 Å². The predicted molar refractivity (Wildman–Crippen MR) is 106 cm³/mol. The third-order valence-electron chi connectivity index (χ3n) is 4.80. The molecule has 0 saturated carbocycles. The topological polar surface area (TPSA) is 61.7 Å². The van der Waals surface area contributed by atoms with Crippen molar-refractivity contribution < 1.29 is 14.9 Å². The molecule has 0 aromatic heterocycles. The van der Waals surface area contributed by atoms with E-state index < -0.39 is 0 Å². The quantitative estimate of drug-likeness (QED) is 0.579. The lowest BCUT2D eigenvalue weighted by atomic mass is 9.89. The van der Waals surface area contributed by atoms with Crippen LogP contribution in [0.4, 0.5) is 0 Å². The summed E-state index contributed by atoms with van der Waals surface area (Å²) in [6, 6.07) is 18.8. The monoisotopic (exact) mass is 381 g/mol. The van der Waals surface area contributed by atoms with Crippen molar-refractivity contribution in [3.05, 3.63) is 87.9 Å². The van der Waals surface area contributed by atoms with Crippen LogP contribution in [-0.2, 0) is 13.0 Å². The van der Waals surface area contributed by atoms with Crippen LogP contribution in [0.5, 0.6) is 17.2 Å². The molecule has 0 aliphatic carbocycles. The van der Waals surface area contributed by atoms with Crippen molar-refractivity contribution in [3.8, 4) is 17.2 Å². The first-order valence-corrected chi connectivity index (χ1v) is 9.23. The van der Waals surface area contributed by atoms with Gasteiger partial charge in [-0.3, -0.25) is 0 Å². The minimum Gasteiger partial charge on any atom is -0.504 e. The number of fused-ring (bicyclic) bond motifs is 1. The van der Waals surface area contributed by atoms with E-state index in [1.165, 1.54) is 0 Å². The van der Waals surface area contributed by atoms with Crippen molar-refractivity contribution in [3.63, 3.8) is 0 Å². The zero-order chi connectivity index (χ0) is 18.8. The molecular weight excluding hydrogens is 362 g/mol. The Morgan fingerprint density at radius 1 is 1.00 bits per heavy atom. The lowest BCUT2D eigenvalue weighted by Gasteiger charge is -2.28. The van der Waals surface area contributed by atoms with Crippen LogP contribution in [0, 0.1) is 0 Å². The average Bonchev–Trinajstić information content (AvgIpc) is 2.68. The van der Waals surface area contributed by atoms with Gasteiger partial charge in [0, 0.05) is 11.6 Å². The molecule has 1 unspecified atom stereocenters. The Bertz CT molecular complexity index is 956. The average molecular weight is 382 g/mol. The second kappa shape index (κ2) is 7.51. The smallest absolute Gasteiger partial charge is 0.157 e. The van der Waals surface area contributed by atoms with Gasteiger partial charge in [0.2, 0.25) is 0 Å². The zero-order valence-electron chi connectivity index (χ0n) is 14.7. The van der Waals surface area contributed by atoms with E-state index in [1.54, 1.807) is 12.1 Å². The molecule has 0 radical (unpaired) electrons. The first kappa shape index (κ1) is 17.7. The van der Waals surface area contributed by atoms with Gasteiger partial charge >= 0.3 is 0 Å². The fraction of sp³-hybridized carbons (Fsp3) is 0.182. The van der Waals surface area contributed by atoms with Crippen LogP contribution in [0.25, 0.3) is 0 Å². The first-order valence-electron chi connectivity index (χ1n) is 8.85. The summed E-state index contributed by atoms with van der Waals surface area (Å²) in [4.78, 5) is 0. The van der Waals surface area contributed by atoms with Gasteiger partial charge in [-0.05, 0) is 65.1 Å². The largest absolute Gasteiger partial charge is 0.504 e. The van der Waals surface area contributed by atoms with Gasteiger partial charge in [-0.25, -0.2) is 0 Å². The normalized spacial score (nSPS) is 16.0. The van der Waals surface area contributed by atoms with E-state index in [4.69, 9.17) is 16.3 Å². The van der Waals surface area contributed by atoms with Gasteiger partial charge in [0.05, 0.1) is 6.04 Å². The molecule has 3 aromatic carbocycles. The summed E-state index contributed by atoms with van der Waals surface area (Å²) >= 11 is 5.92. The van der Waals surface area contributed by atoms with E-state index in [0.29, 0.717) is 11.6 Å². The van der Waals surface area contributed by atoms with Gasteiger partial charge in [0.25, 0.3) is 0 Å². The van der Waals surface area contributed by atoms with E-state index in [0.717, 1.165) is 41.0 Å². The summed E-state index contributed by atoms with van der Waals surface area (Å²) < 4.78 is 5.93. The van der Waals surface area contributed by atoms with Crippen LogP contribution in [-0.4, -0.2) is 16.8 Å². The molecule has 1 aliphatic heterocycles. The Balaban J connectivity index is 1.56. The number of nitrogens with one attached hydrogen (secondary N) is 1. The molecule has 0 fully saturated rings. The van der Waals surface area contributed by atoms with Gasteiger partial charge in [0.15, 0.2) is 11.5 Å². The molecule has 3 aromatic rings. The second-order valence-corrected chi connectivity index (χ2v) is 7.10. The minimum absolute atomic E-state index is 0.0562. The third-order valence-corrected chi connectivity index (χ3v) is 5.05. The van der Waals surface area contributed by atoms with E-state index in [9.17, 15) is 10.2 Å². The number of benzene rings is 3. The number of phenolic OH excluding ortho intramolecular Hbond substituents is 2. The molecule has 3 N–H and O–H groups in total. The predicted octanol–water partition coefficient (Wildman–Crippen LogP) is 4.57. The van der Waals surface area contributed by atoms with Gasteiger partial charge in [-0.2, -0.15) is 0 Å². The number of rotatable bonds is 4. The molecule has 1 atom stereocenters. The summed E-state index contributed by atoms with van der Waals surface area (Å²) in [5.74, 6) is 0.603. The molecule has 0 amide bonds. The molecule has 138 valence electrons. The lowest BCUT2D eigenvalue weighted by Crippen LogP contribution is -2.30. The molecular formula is C22H20ClNO3. The van der Waals surface area contributed by atoms with Crippen LogP contribution < -0.4 is 10.1 Å². The maximum absolute atomic E-state index is 9.91. The summed E-state index contributed by atoms with van der Waals surface area (Å²) in [7, 11) is 0. The standard InChI is InChI=1S/C22H20ClNO3/c23-17-6-4-14(5-7-17)13-27-18-3-1-2-16(10-18)22-19-12-21(26)20(25)11-15(19)8-9-24-22/h1-7,10-12,22,24-26H,8-9,13H2. The maximum Gasteiger partial charge on any atom is 0.157 e. The summed E-state index contributed by atoms with van der Waals surface area (Å²) in [5.41, 5.74) is 4.12. The van der Waals surface area contributed by atoms with Crippen molar-refractivity contribution in [2.45, 2.75) is 19.1 Å². The first-order chi connectivity index (χ1) is 13.1. The number of hydrogen-bond donors (Lipinski definition) is 3. The second-order valence-electron chi connectivity index (χ2n) is 6.66. The molecule has 0 saturated heterocycles. The fourth-order valence-corrected chi connectivity index (χ4v) is 3.54. The van der Waals surface area contributed by atoms with Crippen molar-refractivity contribution >= 4 is 11.6 Å². The summed E-state index contributed by atoms with van der Waals surface area (Å²) in [6.45, 7) is 1.27. The summed E-state index contributed by atoms with van der Waals surface area (Å²) in [5, 5.41) is 23.9. The van der Waals surface area contributed by atoms with Crippen LogP contribution in [0.3, 0.4) is 0 Å². The highest BCUT2D eigenvalue weighted by atomic mass is 35.5. The Labute approximate surface area is 163 Å². The van der Waals surface area contributed by atoms with Crippen LogP contribution >= 0.6 is 11.6 Å². The van der Waals surface area contributed by atoms with Gasteiger partial charge in [-0.15, -0.1) is 0 Å². The molecule has 0 spiro atoms. The minimum atomic E-state index is -0.0995. The number of ether oxygens (including phenoxy) is 1. The molecule has 27 heavy (non-hydrogen) atoms. The van der Waals surface area contributed by atoms with Crippen molar-refractivity contribution in [2.24, 2.45) is 0 Å². The Morgan fingerprint density at radius 3 is 2.59 bits per heavy atom. The number of halogens is 1. The highest BCUT2D eigenvalue weighted by molar-refractivity contribution is 6.30. The Kier molecular flexibility index (Phi) is 4.92. The van der Waals surface area contributed by atoms with Crippen molar-refractivity contribution in [1.82, 2.24) is 5.32 Å². The number of aromatic hydroxyl groups is 2. The van der Waals surface area contributed by atoms with E-state index in [2.05, 4.69) is 5.32 Å². The van der Waals surface area contributed by atoms with E-state index in [1.807, 2.05) is 48.5 Å². The van der Waals surface area contributed by atoms with Crippen LogP contribution in [0.15, 0.2) is 60.7 Å². The van der Waals surface area contributed by atoms with Crippen molar-refractivity contribution in [2.75, 3.05) is 6.54 Å². The molecule has 0 bridgehead atoms. The van der Waals surface area contributed by atoms with E-state index in [-0.39, 0.29) is 17.5 Å². The number of hydrogen-bond acceptors (Lipinski definition) is 4. The van der Waals surface area contributed by atoms with Gasteiger partial charge < -0.3 is 20.3 Å². The molecule has 4 rings (SSSR count). The van der Waals surface area contributed by atoms with Gasteiger partial charge in [-0.1, -0.05) is 35.9 Å². The molecule has 4 nitrogen and oxygen atoms in total. The lowest BCUT2D eigenvalue weighted by molar-refractivity contribution is 0.305. The maximum atomic E-state index is 9.91. The Hall–Kier alpha value is -2.69. The molecule has 1 heterocycles. The molecule has 5 heteroatoms. The zero-order valence-corrected chi connectivity index (χ0v) is 15.4. The number of phenols is 2. The van der Waals surface area contributed by atoms with Gasteiger partial charge in [0.1, 0.15) is 12.4 Å². The highest BCUT2D eigenvalue weighted by Crippen LogP contribution is 2.36. The SMILES string of the molecule is Oc1cc2c(cc1O)C(c1cccc(OCc3ccc(Cl)cc3)c1)NCC2. The van der Waals surface area contributed by atoms with Crippen LogP contribution in [0.2, 0.25) is 5.02 Å². The van der Waals surface area contributed by atoms with E-state index >= 15 is 0 Å². The third kappa shape index (κ3) is 3.87. The Morgan fingerprint density at radius 2 is 1.78 bits per heavy atom. The van der Waals surface area contributed by atoms with Crippen LogP contribution in [0.1, 0.15) is 28.3 Å². The molecule has 1 aliphatic rings. The summed E-state index contributed by atoms with van der Waals surface area (Å²) in [6.07, 6.45) is 0.812. The highest BCUT2D eigenvalue weighted by Gasteiger charge is 2.23.